The second kappa shape index (κ2) is 5.02. The molecule has 0 atom stereocenters. The smallest absolute Gasteiger partial charge is 0.206 e. The SMILES string of the molecule is Nc1nc2cc(Br)ccc2n1-c1c(Cl)cc(F)cc1Br. The topological polar surface area (TPSA) is 43.8 Å². The third-order valence-electron chi connectivity index (χ3n) is 2.85. The van der Waals surface area contributed by atoms with Crippen LogP contribution in [0.3, 0.4) is 0 Å². The molecule has 3 nitrogen and oxygen atoms in total. The number of hydrogen-bond donors (Lipinski definition) is 1. The monoisotopic (exact) mass is 417 g/mol. The molecule has 1 heterocycles. The Morgan fingerprint density at radius 2 is 1.95 bits per heavy atom. The molecule has 0 unspecified atom stereocenters. The first kappa shape index (κ1) is 13.9. The fraction of sp³-hybridized carbons (Fsp3) is 0. The molecule has 0 spiro atoms. The highest BCUT2D eigenvalue weighted by Crippen LogP contribution is 2.35. The second-order valence-corrected chi connectivity index (χ2v) is 6.33. The van der Waals surface area contributed by atoms with Crippen LogP contribution in [0.5, 0.6) is 0 Å². The number of halogens is 4. The Kier molecular flexibility index (Phi) is 3.48. The van der Waals surface area contributed by atoms with Crippen LogP contribution < -0.4 is 5.73 Å². The zero-order valence-electron chi connectivity index (χ0n) is 9.87. The summed E-state index contributed by atoms with van der Waals surface area (Å²) < 4.78 is 16.4. The lowest BCUT2D eigenvalue weighted by Gasteiger charge is -2.11. The van der Waals surface area contributed by atoms with E-state index in [4.69, 9.17) is 17.3 Å². The molecule has 0 bridgehead atoms. The van der Waals surface area contributed by atoms with Crippen molar-refractivity contribution < 1.29 is 4.39 Å². The Morgan fingerprint density at radius 1 is 1.20 bits per heavy atom. The predicted octanol–water partition coefficient (Wildman–Crippen LogP) is 4.93. The minimum atomic E-state index is -0.420. The molecular formula is C13H7Br2ClFN3. The lowest BCUT2D eigenvalue weighted by molar-refractivity contribution is 0.626. The summed E-state index contributed by atoms with van der Waals surface area (Å²) >= 11 is 12.8. The van der Waals surface area contributed by atoms with E-state index in [1.807, 2.05) is 18.2 Å². The third kappa shape index (κ3) is 2.21. The van der Waals surface area contributed by atoms with Gasteiger partial charge in [-0.25, -0.2) is 9.37 Å². The number of hydrogen-bond acceptors (Lipinski definition) is 2. The lowest BCUT2D eigenvalue weighted by atomic mass is 10.2. The maximum Gasteiger partial charge on any atom is 0.206 e. The van der Waals surface area contributed by atoms with Crippen molar-refractivity contribution in [1.29, 1.82) is 0 Å². The van der Waals surface area contributed by atoms with E-state index in [0.29, 0.717) is 10.2 Å². The van der Waals surface area contributed by atoms with Gasteiger partial charge in [-0.1, -0.05) is 27.5 Å². The summed E-state index contributed by atoms with van der Waals surface area (Å²) in [6.07, 6.45) is 0. The van der Waals surface area contributed by atoms with Crippen LogP contribution in [0.1, 0.15) is 0 Å². The van der Waals surface area contributed by atoms with Crippen molar-refractivity contribution in [2.24, 2.45) is 0 Å². The molecule has 1 aromatic heterocycles. The van der Waals surface area contributed by atoms with Gasteiger partial charge in [0.1, 0.15) is 5.82 Å². The highest BCUT2D eigenvalue weighted by Gasteiger charge is 2.16. The molecule has 7 heteroatoms. The first-order valence-electron chi connectivity index (χ1n) is 5.56. The normalized spacial score (nSPS) is 11.2. The number of fused-ring (bicyclic) bond motifs is 1. The predicted molar refractivity (Wildman–Crippen MR) is 85.9 cm³/mol. The van der Waals surface area contributed by atoms with Crippen molar-refractivity contribution in [3.63, 3.8) is 0 Å². The van der Waals surface area contributed by atoms with E-state index < -0.39 is 5.82 Å². The molecule has 0 aliphatic heterocycles. The summed E-state index contributed by atoms with van der Waals surface area (Å²) in [5, 5.41) is 0.255. The van der Waals surface area contributed by atoms with Gasteiger partial charge in [-0.15, -0.1) is 0 Å². The van der Waals surface area contributed by atoms with Crippen LogP contribution in [0.4, 0.5) is 10.3 Å². The van der Waals surface area contributed by atoms with Gasteiger partial charge in [0.2, 0.25) is 5.95 Å². The molecule has 102 valence electrons. The maximum atomic E-state index is 13.3. The average molecular weight is 419 g/mol. The van der Waals surface area contributed by atoms with E-state index in [0.717, 1.165) is 15.5 Å². The fourth-order valence-electron chi connectivity index (χ4n) is 2.06. The Bertz CT molecular complexity index is 809. The van der Waals surface area contributed by atoms with Crippen molar-refractivity contribution in [3.05, 3.63) is 50.1 Å². The van der Waals surface area contributed by atoms with Crippen LogP contribution in [0, 0.1) is 5.82 Å². The van der Waals surface area contributed by atoms with Crippen molar-refractivity contribution in [2.45, 2.75) is 0 Å². The Morgan fingerprint density at radius 3 is 2.65 bits per heavy atom. The molecule has 3 aromatic rings. The maximum absolute atomic E-state index is 13.3. The first-order chi connectivity index (χ1) is 9.47. The van der Waals surface area contributed by atoms with Gasteiger partial charge in [0.15, 0.2) is 0 Å². The van der Waals surface area contributed by atoms with E-state index in [1.165, 1.54) is 12.1 Å². The lowest BCUT2D eigenvalue weighted by Crippen LogP contribution is -2.02. The van der Waals surface area contributed by atoms with Crippen LogP contribution in [0.25, 0.3) is 16.7 Å². The standard InChI is InChI=1S/C13H7Br2ClFN3/c14-6-1-2-11-10(3-6)19-13(18)20(11)12-8(15)4-7(17)5-9(12)16/h1-5H,(H2,18,19). The number of nitrogen functional groups attached to an aromatic ring is 1. The van der Waals surface area contributed by atoms with E-state index in [9.17, 15) is 4.39 Å². The van der Waals surface area contributed by atoms with E-state index in [1.54, 1.807) is 4.57 Å². The van der Waals surface area contributed by atoms with Gasteiger partial charge in [0.25, 0.3) is 0 Å². The molecule has 0 saturated heterocycles. The van der Waals surface area contributed by atoms with Gasteiger partial charge in [0, 0.05) is 8.95 Å². The van der Waals surface area contributed by atoms with Gasteiger partial charge in [0.05, 0.1) is 21.7 Å². The summed E-state index contributed by atoms with van der Waals surface area (Å²) in [5.74, 6) is -0.135. The first-order valence-corrected chi connectivity index (χ1v) is 7.52. The van der Waals surface area contributed by atoms with Gasteiger partial charge in [-0.3, -0.25) is 4.57 Å². The molecule has 0 fully saturated rings. The van der Waals surface area contributed by atoms with E-state index in [-0.39, 0.29) is 11.0 Å². The quantitative estimate of drug-likeness (QED) is 0.608. The molecular weight excluding hydrogens is 412 g/mol. The third-order valence-corrected chi connectivity index (χ3v) is 4.23. The minimum absolute atomic E-state index is 0.255. The molecule has 2 aromatic carbocycles. The van der Waals surface area contributed by atoms with Crippen LogP contribution in [-0.2, 0) is 0 Å². The largest absolute Gasteiger partial charge is 0.369 e. The number of nitrogens with two attached hydrogens (primary N) is 1. The number of rotatable bonds is 1. The molecule has 2 N–H and O–H groups in total. The second-order valence-electron chi connectivity index (χ2n) is 4.16. The summed E-state index contributed by atoms with van der Waals surface area (Å²) in [7, 11) is 0. The Labute approximate surface area is 135 Å². The fourth-order valence-corrected chi connectivity index (χ4v) is 3.42. The summed E-state index contributed by atoms with van der Waals surface area (Å²) in [6, 6.07) is 8.19. The van der Waals surface area contributed by atoms with Crippen LogP contribution in [-0.4, -0.2) is 9.55 Å². The van der Waals surface area contributed by atoms with Crippen LogP contribution in [0.2, 0.25) is 5.02 Å². The molecule has 0 saturated carbocycles. The van der Waals surface area contributed by atoms with E-state index in [2.05, 4.69) is 36.8 Å². The Balaban J connectivity index is 2.38. The molecule has 20 heavy (non-hydrogen) atoms. The van der Waals surface area contributed by atoms with Crippen molar-refractivity contribution >= 4 is 60.4 Å². The minimum Gasteiger partial charge on any atom is -0.369 e. The summed E-state index contributed by atoms with van der Waals surface area (Å²) in [6.45, 7) is 0. The highest BCUT2D eigenvalue weighted by molar-refractivity contribution is 9.10. The van der Waals surface area contributed by atoms with Gasteiger partial charge >= 0.3 is 0 Å². The van der Waals surface area contributed by atoms with Crippen molar-refractivity contribution in [2.75, 3.05) is 5.73 Å². The van der Waals surface area contributed by atoms with Gasteiger partial charge in [-0.05, 0) is 46.3 Å². The van der Waals surface area contributed by atoms with Crippen molar-refractivity contribution in [3.8, 4) is 5.69 Å². The number of nitrogens with zero attached hydrogens (tertiary/aromatic N) is 2. The molecule has 0 amide bonds. The van der Waals surface area contributed by atoms with Gasteiger partial charge < -0.3 is 5.73 Å². The zero-order chi connectivity index (χ0) is 14.4. The molecule has 0 aliphatic carbocycles. The summed E-state index contributed by atoms with van der Waals surface area (Å²) in [4.78, 5) is 4.29. The van der Waals surface area contributed by atoms with Crippen molar-refractivity contribution in [1.82, 2.24) is 9.55 Å². The van der Waals surface area contributed by atoms with Gasteiger partial charge in [-0.2, -0.15) is 0 Å². The summed E-state index contributed by atoms with van der Waals surface area (Å²) in [5.41, 5.74) is 8.06. The number of anilines is 1. The highest BCUT2D eigenvalue weighted by atomic mass is 79.9. The number of benzene rings is 2. The number of aromatic nitrogens is 2. The van der Waals surface area contributed by atoms with Crippen LogP contribution >= 0.6 is 43.5 Å². The molecule has 0 aliphatic rings. The molecule has 3 rings (SSSR count). The number of imidazole rings is 1. The Hall–Kier alpha value is -1.11. The van der Waals surface area contributed by atoms with Crippen LogP contribution in [0.15, 0.2) is 39.3 Å². The van der Waals surface area contributed by atoms with E-state index >= 15 is 0 Å². The molecule has 0 radical (unpaired) electrons. The average Bonchev–Trinajstić information content (AvgIpc) is 2.64. The zero-order valence-corrected chi connectivity index (χ0v) is 13.8.